The minimum atomic E-state index is -0.344. The molecule has 0 bridgehead atoms. The van der Waals surface area contributed by atoms with Crippen LogP contribution >= 0.6 is 11.6 Å². The van der Waals surface area contributed by atoms with Crippen molar-refractivity contribution in [3.8, 4) is 0 Å². The summed E-state index contributed by atoms with van der Waals surface area (Å²) < 4.78 is 5.44. The van der Waals surface area contributed by atoms with Crippen LogP contribution in [0, 0.1) is 6.92 Å². The average molecular weight is 346 g/mol. The van der Waals surface area contributed by atoms with Crippen molar-refractivity contribution in [2.24, 2.45) is 0 Å². The van der Waals surface area contributed by atoms with Crippen LogP contribution in [0.2, 0.25) is 5.02 Å². The summed E-state index contributed by atoms with van der Waals surface area (Å²) in [5, 5.41) is 3.67. The van der Waals surface area contributed by atoms with E-state index in [-0.39, 0.29) is 11.9 Å². The number of anilines is 1. The Labute approximate surface area is 147 Å². The van der Waals surface area contributed by atoms with Gasteiger partial charge in [-0.05, 0) is 30.7 Å². The highest BCUT2D eigenvalue weighted by Gasteiger charge is 2.34. The molecule has 1 saturated heterocycles. The van der Waals surface area contributed by atoms with Gasteiger partial charge in [-0.1, -0.05) is 41.9 Å². The number of quaternary nitrogens is 1. The predicted molar refractivity (Wildman–Crippen MR) is 95.5 cm³/mol. The summed E-state index contributed by atoms with van der Waals surface area (Å²) in [5.41, 5.74) is 2.78. The van der Waals surface area contributed by atoms with Gasteiger partial charge in [0.2, 0.25) is 0 Å². The van der Waals surface area contributed by atoms with Crippen LogP contribution in [0.4, 0.5) is 5.69 Å². The van der Waals surface area contributed by atoms with Gasteiger partial charge in [0, 0.05) is 11.3 Å². The molecule has 3 rings (SSSR count). The van der Waals surface area contributed by atoms with E-state index in [1.54, 1.807) is 0 Å². The number of ether oxygens (including phenoxy) is 1. The van der Waals surface area contributed by atoms with Crippen LogP contribution in [-0.2, 0) is 9.53 Å². The SMILES string of the molecule is Cc1cccc(NC(=O)[C@H](c2ccccc2Cl)[NH+]2CCOCC2)c1. The van der Waals surface area contributed by atoms with Gasteiger partial charge in [0.15, 0.2) is 6.04 Å². The lowest BCUT2D eigenvalue weighted by Crippen LogP contribution is -3.15. The highest BCUT2D eigenvalue weighted by atomic mass is 35.5. The Bertz CT molecular complexity index is 714. The van der Waals surface area contributed by atoms with Gasteiger partial charge in [-0.25, -0.2) is 0 Å². The summed E-state index contributed by atoms with van der Waals surface area (Å²) in [4.78, 5) is 14.2. The van der Waals surface area contributed by atoms with Gasteiger partial charge < -0.3 is 15.0 Å². The number of rotatable bonds is 4. The van der Waals surface area contributed by atoms with Gasteiger partial charge in [-0.2, -0.15) is 0 Å². The maximum Gasteiger partial charge on any atom is 0.287 e. The summed E-state index contributed by atoms with van der Waals surface area (Å²) in [5.74, 6) is -0.0365. The zero-order chi connectivity index (χ0) is 16.9. The molecule has 0 spiro atoms. The number of halogens is 1. The lowest BCUT2D eigenvalue weighted by molar-refractivity contribution is -0.929. The topological polar surface area (TPSA) is 42.8 Å². The quantitative estimate of drug-likeness (QED) is 0.892. The van der Waals surface area contributed by atoms with Gasteiger partial charge >= 0.3 is 0 Å². The van der Waals surface area contributed by atoms with E-state index in [2.05, 4.69) is 5.32 Å². The summed E-state index contributed by atoms with van der Waals surface area (Å²) in [7, 11) is 0. The molecule has 1 fully saturated rings. The number of morpholine rings is 1. The smallest absolute Gasteiger partial charge is 0.287 e. The normalized spacial score (nSPS) is 16.6. The van der Waals surface area contributed by atoms with Gasteiger partial charge in [-0.3, -0.25) is 4.79 Å². The molecule has 2 aromatic carbocycles. The molecular formula is C19H22ClN2O2+. The fourth-order valence-electron chi connectivity index (χ4n) is 3.12. The molecule has 0 aromatic heterocycles. The minimum absolute atomic E-state index is 0.0365. The Morgan fingerprint density at radius 1 is 1.17 bits per heavy atom. The second-order valence-electron chi connectivity index (χ2n) is 6.08. The van der Waals surface area contributed by atoms with Crippen molar-refractivity contribution in [3.05, 3.63) is 64.7 Å². The number of nitrogens with one attached hydrogen (secondary N) is 2. The Hall–Kier alpha value is -1.88. The van der Waals surface area contributed by atoms with Crippen LogP contribution < -0.4 is 10.2 Å². The van der Waals surface area contributed by atoms with Crippen molar-refractivity contribution in [3.63, 3.8) is 0 Å². The van der Waals surface area contributed by atoms with Crippen molar-refractivity contribution in [1.29, 1.82) is 0 Å². The largest absolute Gasteiger partial charge is 0.370 e. The number of hydrogen-bond donors (Lipinski definition) is 2. The van der Waals surface area contributed by atoms with Crippen LogP contribution in [0.25, 0.3) is 0 Å². The molecule has 0 radical (unpaired) electrons. The third-order valence-electron chi connectivity index (χ3n) is 4.31. The van der Waals surface area contributed by atoms with Crippen LogP contribution in [0.5, 0.6) is 0 Å². The zero-order valence-electron chi connectivity index (χ0n) is 13.7. The lowest BCUT2D eigenvalue weighted by atomic mass is 10.0. The van der Waals surface area contributed by atoms with Gasteiger partial charge in [-0.15, -0.1) is 0 Å². The van der Waals surface area contributed by atoms with E-state index < -0.39 is 0 Å². The van der Waals surface area contributed by atoms with Crippen molar-refractivity contribution >= 4 is 23.2 Å². The molecule has 1 heterocycles. The number of benzene rings is 2. The molecule has 126 valence electrons. The highest BCUT2D eigenvalue weighted by molar-refractivity contribution is 6.31. The third-order valence-corrected chi connectivity index (χ3v) is 4.65. The Morgan fingerprint density at radius 2 is 1.92 bits per heavy atom. The first-order chi connectivity index (χ1) is 11.6. The second-order valence-corrected chi connectivity index (χ2v) is 6.49. The number of amides is 1. The Balaban J connectivity index is 1.88. The molecule has 1 aliphatic heterocycles. The van der Waals surface area contributed by atoms with Crippen molar-refractivity contribution < 1.29 is 14.4 Å². The minimum Gasteiger partial charge on any atom is -0.370 e. The summed E-state index contributed by atoms with van der Waals surface area (Å²) in [6.45, 7) is 4.91. The molecule has 24 heavy (non-hydrogen) atoms. The first-order valence-corrected chi connectivity index (χ1v) is 8.57. The summed E-state index contributed by atoms with van der Waals surface area (Å²) in [6, 6.07) is 15.1. The first kappa shape index (κ1) is 17.0. The molecule has 2 aromatic rings. The maximum absolute atomic E-state index is 13.0. The van der Waals surface area contributed by atoms with Crippen LogP contribution in [0.15, 0.2) is 48.5 Å². The summed E-state index contributed by atoms with van der Waals surface area (Å²) >= 11 is 6.39. The molecule has 0 aliphatic carbocycles. The number of carbonyl (C=O) groups is 1. The van der Waals surface area contributed by atoms with Crippen LogP contribution in [0.3, 0.4) is 0 Å². The molecule has 1 aliphatic rings. The Morgan fingerprint density at radius 3 is 2.62 bits per heavy atom. The Kier molecular flexibility index (Phi) is 5.51. The first-order valence-electron chi connectivity index (χ1n) is 8.19. The average Bonchev–Trinajstić information content (AvgIpc) is 2.58. The van der Waals surface area contributed by atoms with Crippen molar-refractivity contribution in [1.82, 2.24) is 0 Å². The van der Waals surface area contributed by atoms with Crippen LogP contribution in [0.1, 0.15) is 17.2 Å². The summed E-state index contributed by atoms with van der Waals surface area (Å²) in [6.07, 6.45) is 0. The van der Waals surface area contributed by atoms with E-state index in [1.165, 1.54) is 4.90 Å². The van der Waals surface area contributed by atoms with Crippen molar-refractivity contribution in [2.45, 2.75) is 13.0 Å². The van der Waals surface area contributed by atoms with E-state index in [1.807, 2.05) is 55.5 Å². The third kappa shape index (κ3) is 3.96. The number of hydrogen-bond acceptors (Lipinski definition) is 2. The lowest BCUT2D eigenvalue weighted by Gasteiger charge is -2.31. The van der Waals surface area contributed by atoms with Gasteiger partial charge in [0.05, 0.1) is 18.2 Å². The second kappa shape index (κ2) is 7.79. The van der Waals surface area contributed by atoms with E-state index in [9.17, 15) is 4.79 Å². The number of carbonyl (C=O) groups excluding carboxylic acids is 1. The molecule has 2 N–H and O–H groups in total. The molecule has 4 nitrogen and oxygen atoms in total. The van der Waals surface area contributed by atoms with Crippen molar-refractivity contribution in [2.75, 3.05) is 31.6 Å². The molecule has 1 amide bonds. The van der Waals surface area contributed by atoms with E-state index in [0.717, 1.165) is 29.9 Å². The molecule has 0 unspecified atom stereocenters. The molecule has 5 heteroatoms. The van der Waals surface area contributed by atoms with E-state index >= 15 is 0 Å². The predicted octanol–water partition coefficient (Wildman–Crippen LogP) is 2.24. The molecule has 0 saturated carbocycles. The van der Waals surface area contributed by atoms with E-state index in [4.69, 9.17) is 16.3 Å². The molecular weight excluding hydrogens is 324 g/mol. The fraction of sp³-hybridized carbons (Fsp3) is 0.316. The van der Waals surface area contributed by atoms with Gasteiger partial charge in [0.25, 0.3) is 5.91 Å². The number of aryl methyl sites for hydroxylation is 1. The fourth-order valence-corrected chi connectivity index (χ4v) is 3.36. The zero-order valence-corrected chi connectivity index (χ0v) is 14.5. The maximum atomic E-state index is 13.0. The van der Waals surface area contributed by atoms with Crippen LogP contribution in [-0.4, -0.2) is 32.2 Å². The van der Waals surface area contributed by atoms with Gasteiger partial charge in [0.1, 0.15) is 13.1 Å². The monoisotopic (exact) mass is 345 g/mol. The standard InChI is InChI=1S/C19H21ClN2O2/c1-14-5-4-6-15(13-14)21-19(23)18(22-9-11-24-12-10-22)16-7-2-3-8-17(16)20/h2-8,13,18H,9-12H2,1H3,(H,21,23)/p+1/t18-/m0/s1. The highest BCUT2D eigenvalue weighted by Crippen LogP contribution is 2.22. The van der Waals surface area contributed by atoms with E-state index in [0.29, 0.717) is 18.2 Å². The molecule has 1 atom stereocenters.